The minimum Gasteiger partial charge on any atom is -0.371 e. The number of benzene rings is 2. The van der Waals surface area contributed by atoms with Crippen molar-refractivity contribution in [1.82, 2.24) is 4.72 Å². The number of halogens is 4. The van der Waals surface area contributed by atoms with Gasteiger partial charge in [0.2, 0.25) is 10.0 Å². The van der Waals surface area contributed by atoms with Crippen LogP contribution in [0.25, 0.3) is 0 Å². The Hall–Kier alpha value is -1.77. The van der Waals surface area contributed by atoms with Gasteiger partial charge in [-0.2, -0.15) is 13.2 Å². The Kier molecular flexibility index (Phi) is 5.69. The van der Waals surface area contributed by atoms with E-state index in [2.05, 4.69) is 9.62 Å². The quantitative estimate of drug-likeness (QED) is 0.793. The van der Waals surface area contributed by atoms with E-state index in [0.717, 1.165) is 30.8 Å². The molecule has 0 unspecified atom stereocenters. The van der Waals surface area contributed by atoms with E-state index < -0.39 is 26.7 Å². The lowest BCUT2D eigenvalue weighted by Gasteiger charge is -2.19. The molecule has 1 N–H and O–H groups in total. The standard InChI is InChI=1S/C18H18ClF3N2O2S/c19-14-6-7-17(16(10-14)18(20,21)22)27(25,26)23-11-13-8-9-24(12-13)15-4-2-1-3-5-15/h1-7,10,13,23H,8-9,11-12H2/t13-/m0/s1. The highest BCUT2D eigenvalue weighted by molar-refractivity contribution is 7.89. The molecule has 1 heterocycles. The average Bonchev–Trinajstić information content (AvgIpc) is 3.09. The fraction of sp³-hybridized carbons (Fsp3) is 0.333. The van der Waals surface area contributed by atoms with Crippen LogP contribution in [-0.4, -0.2) is 28.1 Å². The van der Waals surface area contributed by atoms with Crippen LogP contribution in [0.3, 0.4) is 0 Å². The zero-order valence-corrected chi connectivity index (χ0v) is 15.8. The molecular formula is C18H18ClF3N2O2S. The Morgan fingerprint density at radius 3 is 2.52 bits per heavy atom. The van der Waals surface area contributed by atoms with Gasteiger partial charge in [0.05, 0.1) is 10.5 Å². The minimum atomic E-state index is -4.81. The van der Waals surface area contributed by atoms with Crippen molar-refractivity contribution in [2.45, 2.75) is 17.5 Å². The number of alkyl halides is 3. The molecule has 1 aliphatic heterocycles. The smallest absolute Gasteiger partial charge is 0.371 e. The van der Waals surface area contributed by atoms with Gasteiger partial charge >= 0.3 is 6.18 Å². The first-order valence-corrected chi connectivity index (χ1v) is 10.2. The third kappa shape index (κ3) is 4.75. The van der Waals surface area contributed by atoms with E-state index >= 15 is 0 Å². The molecule has 27 heavy (non-hydrogen) atoms. The van der Waals surface area contributed by atoms with Gasteiger partial charge in [-0.15, -0.1) is 0 Å². The zero-order chi connectivity index (χ0) is 19.7. The van der Waals surface area contributed by atoms with E-state index in [1.807, 2.05) is 30.3 Å². The summed E-state index contributed by atoms with van der Waals surface area (Å²) in [6, 6.07) is 12.3. The molecule has 1 saturated heterocycles. The fourth-order valence-corrected chi connectivity index (χ4v) is 4.63. The second-order valence-electron chi connectivity index (χ2n) is 6.43. The van der Waals surface area contributed by atoms with Gasteiger partial charge in [-0.05, 0) is 42.7 Å². The highest BCUT2D eigenvalue weighted by atomic mass is 35.5. The summed E-state index contributed by atoms with van der Waals surface area (Å²) >= 11 is 5.61. The topological polar surface area (TPSA) is 49.4 Å². The van der Waals surface area contributed by atoms with Crippen LogP contribution in [0.4, 0.5) is 18.9 Å². The van der Waals surface area contributed by atoms with Gasteiger partial charge in [-0.3, -0.25) is 0 Å². The van der Waals surface area contributed by atoms with Crippen LogP contribution >= 0.6 is 11.6 Å². The van der Waals surface area contributed by atoms with Crippen LogP contribution < -0.4 is 9.62 Å². The molecular weight excluding hydrogens is 401 g/mol. The first-order chi connectivity index (χ1) is 12.7. The molecule has 0 radical (unpaired) electrons. The summed E-state index contributed by atoms with van der Waals surface area (Å²) in [5.41, 5.74) is -0.222. The lowest BCUT2D eigenvalue weighted by Crippen LogP contribution is -2.32. The van der Waals surface area contributed by atoms with E-state index in [-0.39, 0.29) is 17.5 Å². The Morgan fingerprint density at radius 2 is 1.85 bits per heavy atom. The summed E-state index contributed by atoms with van der Waals surface area (Å²) in [7, 11) is -4.31. The number of rotatable bonds is 5. The van der Waals surface area contributed by atoms with E-state index in [9.17, 15) is 21.6 Å². The van der Waals surface area contributed by atoms with Gasteiger partial charge < -0.3 is 4.90 Å². The van der Waals surface area contributed by atoms with Gasteiger partial charge in [0.15, 0.2) is 0 Å². The Labute approximate surface area is 161 Å². The number of para-hydroxylation sites is 1. The van der Waals surface area contributed by atoms with Gasteiger partial charge in [-0.25, -0.2) is 13.1 Å². The molecule has 0 saturated carbocycles. The van der Waals surface area contributed by atoms with Crippen molar-refractivity contribution >= 4 is 27.3 Å². The van der Waals surface area contributed by atoms with Crippen molar-refractivity contribution in [3.8, 4) is 0 Å². The van der Waals surface area contributed by atoms with Gasteiger partial charge in [0.25, 0.3) is 0 Å². The third-order valence-electron chi connectivity index (χ3n) is 4.51. The molecule has 0 bridgehead atoms. The fourth-order valence-electron chi connectivity index (χ4n) is 3.14. The molecule has 3 rings (SSSR count). The first kappa shape index (κ1) is 20.0. The molecule has 1 aliphatic rings. The molecule has 146 valence electrons. The predicted molar refractivity (Wildman–Crippen MR) is 98.4 cm³/mol. The normalized spacial score (nSPS) is 18.1. The highest BCUT2D eigenvalue weighted by Gasteiger charge is 2.37. The molecule has 0 spiro atoms. The second-order valence-corrected chi connectivity index (χ2v) is 8.60. The summed E-state index contributed by atoms with van der Waals surface area (Å²) in [5.74, 6) is 0.0154. The van der Waals surface area contributed by atoms with Gasteiger partial charge in [0, 0.05) is 30.3 Å². The molecule has 0 aliphatic carbocycles. The summed E-state index contributed by atoms with van der Waals surface area (Å²) in [6.07, 6.45) is -4.06. The molecule has 0 aromatic heterocycles. The zero-order valence-electron chi connectivity index (χ0n) is 14.2. The SMILES string of the molecule is O=S(=O)(NC[C@@H]1CCN(c2ccccc2)C1)c1ccc(Cl)cc1C(F)(F)F. The number of nitrogens with one attached hydrogen (secondary N) is 1. The average molecular weight is 419 g/mol. The lowest BCUT2D eigenvalue weighted by atomic mass is 10.1. The van der Waals surface area contributed by atoms with Crippen molar-refractivity contribution in [2.75, 3.05) is 24.5 Å². The first-order valence-electron chi connectivity index (χ1n) is 8.33. The van der Waals surface area contributed by atoms with Crippen molar-refractivity contribution < 1.29 is 21.6 Å². The third-order valence-corrected chi connectivity index (χ3v) is 6.22. The van der Waals surface area contributed by atoms with Crippen LogP contribution in [-0.2, 0) is 16.2 Å². The molecule has 1 atom stereocenters. The summed E-state index contributed by atoms with van der Waals surface area (Å²) in [4.78, 5) is 1.32. The molecule has 1 fully saturated rings. The van der Waals surface area contributed by atoms with Crippen LogP contribution in [0, 0.1) is 5.92 Å². The molecule has 2 aromatic rings. The highest BCUT2D eigenvalue weighted by Crippen LogP contribution is 2.36. The second kappa shape index (κ2) is 7.69. The maximum Gasteiger partial charge on any atom is 0.417 e. The summed E-state index contributed by atoms with van der Waals surface area (Å²) in [5, 5.41) is -0.171. The van der Waals surface area contributed by atoms with E-state index in [1.165, 1.54) is 0 Å². The van der Waals surface area contributed by atoms with Crippen LogP contribution in [0.5, 0.6) is 0 Å². The van der Waals surface area contributed by atoms with Crippen molar-refractivity contribution in [3.05, 3.63) is 59.1 Å². The maximum absolute atomic E-state index is 13.2. The number of nitrogens with zero attached hydrogens (tertiary/aromatic N) is 1. The molecule has 4 nitrogen and oxygen atoms in total. The van der Waals surface area contributed by atoms with Gasteiger partial charge in [-0.1, -0.05) is 29.8 Å². The number of sulfonamides is 1. The summed E-state index contributed by atoms with van der Waals surface area (Å²) < 4.78 is 66.8. The summed E-state index contributed by atoms with van der Waals surface area (Å²) in [6.45, 7) is 1.48. The van der Waals surface area contributed by atoms with Crippen LogP contribution in [0.2, 0.25) is 5.02 Å². The van der Waals surface area contributed by atoms with E-state index in [0.29, 0.717) is 12.6 Å². The Balaban J connectivity index is 1.70. The predicted octanol–water partition coefficient (Wildman–Crippen LogP) is 4.16. The Morgan fingerprint density at radius 1 is 1.15 bits per heavy atom. The van der Waals surface area contributed by atoms with Crippen molar-refractivity contribution in [2.24, 2.45) is 5.92 Å². The monoisotopic (exact) mass is 418 g/mol. The minimum absolute atomic E-state index is 0.0154. The molecule has 9 heteroatoms. The van der Waals surface area contributed by atoms with Crippen molar-refractivity contribution in [1.29, 1.82) is 0 Å². The lowest BCUT2D eigenvalue weighted by molar-refractivity contribution is -0.139. The Bertz CT molecular complexity index is 905. The largest absolute Gasteiger partial charge is 0.417 e. The van der Waals surface area contributed by atoms with E-state index in [1.54, 1.807) is 0 Å². The number of anilines is 1. The maximum atomic E-state index is 13.2. The van der Waals surface area contributed by atoms with Gasteiger partial charge in [0.1, 0.15) is 0 Å². The molecule has 2 aromatic carbocycles. The number of hydrogen-bond acceptors (Lipinski definition) is 3. The van der Waals surface area contributed by atoms with Crippen LogP contribution in [0.1, 0.15) is 12.0 Å². The van der Waals surface area contributed by atoms with E-state index in [4.69, 9.17) is 11.6 Å². The number of hydrogen-bond donors (Lipinski definition) is 1. The molecule has 0 amide bonds. The van der Waals surface area contributed by atoms with Crippen LogP contribution in [0.15, 0.2) is 53.4 Å². The van der Waals surface area contributed by atoms with Crippen molar-refractivity contribution in [3.63, 3.8) is 0 Å².